The predicted octanol–water partition coefficient (Wildman–Crippen LogP) is 4.92. The van der Waals surface area contributed by atoms with E-state index in [0.29, 0.717) is 11.8 Å². The third-order valence-corrected chi connectivity index (χ3v) is 3.58. The highest BCUT2D eigenvalue weighted by Gasteiger charge is 2.13. The fourth-order valence-electron chi connectivity index (χ4n) is 1.94. The summed E-state index contributed by atoms with van der Waals surface area (Å²) in [5, 5.41) is 0. The van der Waals surface area contributed by atoms with Crippen molar-refractivity contribution in [2.24, 2.45) is 16.8 Å². The molecule has 0 N–H and O–H groups in total. The van der Waals surface area contributed by atoms with E-state index in [1.54, 1.807) is 6.20 Å². The molecule has 1 heterocycles. The van der Waals surface area contributed by atoms with Crippen molar-refractivity contribution in [3.05, 3.63) is 60.0 Å². The fraction of sp³-hybridized carbons (Fsp3) is 0.333. The van der Waals surface area contributed by atoms with Crippen LogP contribution in [0.3, 0.4) is 0 Å². The van der Waals surface area contributed by atoms with Crippen molar-refractivity contribution in [3.8, 4) is 0 Å². The van der Waals surface area contributed by atoms with Gasteiger partial charge in [-0.2, -0.15) is 0 Å². The average Bonchev–Trinajstić information content (AvgIpc) is 2.49. The molecule has 0 aliphatic carbocycles. The van der Waals surface area contributed by atoms with Gasteiger partial charge in [0, 0.05) is 6.20 Å². The van der Waals surface area contributed by atoms with E-state index >= 15 is 0 Å². The number of rotatable bonds is 6. The average molecular weight is 268 g/mol. The summed E-state index contributed by atoms with van der Waals surface area (Å²) in [7, 11) is 0. The SMILES string of the molecule is C=NC(=CC(C)[C@@H](C)/C(C)=C/C=C\C)c1ccccn1. The topological polar surface area (TPSA) is 25.2 Å². The van der Waals surface area contributed by atoms with Crippen LogP contribution in [0.4, 0.5) is 0 Å². The molecule has 2 nitrogen and oxygen atoms in total. The maximum absolute atomic E-state index is 4.33. The number of aliphatic imine (C=N–C) groups is 1. The zero-order chi connectivity index (χ0) is 15.0. The van der Waals surface area contributed by atoms with Gasteiger partial charge in [-0.1, -0.05) is 49.8 Å². The quantitative estimate of drug-likeness (QED) is 0.531. The molecule has 1 unspecified atom stereocenters. The largest absolute Gasteiger partial charge is 0.263 e. The minimum absolute atomic E-state index is 0.374. The van der Waals surface area contributed by atoms with Crippen molar-refractivity contribution in [3.63, 3.8) is 0 Å². The second-order valence-corrected chi connectivity index (χ2v) is 5.01. The molecule has 0 amide bonds. The van der Waals surface area contributed by atoms with Gasteiger partial charge in [-0.15, -0.1) is 0 Å². The standard InChI is InChI=1S/C18H24N2/c1-6-7-10-14(2)16(4)15(3)13-18(19-5)17-11-8-9-12-20-17/h6-13,15-16H,5H2,1-4H3/b7-6-,14-10+,18-13?/t15?,16-/m0/s1. The molecule has 1 aromatic heterocycles. The number of hydrogen-bond acceptors (Lipinski definition) is 2. The van der Waals surface area contributed by atoms with Crippen LogP contribution in [0.5, 0.6) is 0 Å². The van der Waals surface area contributed by atoms with Crippen LogP contribution in [0, 0.1) is 11.8 Å². The molecule has 0 saturated heterocycles. The molecule has 1 aromatic rings. The van der Waals surface area contributed by atoms with Crippen molar-refractivity contribution in [1.29, 1.82) is 0 Å². The lowest BCUT2D eigenvalue weighted by atomic mass is 9.88. The van der Waals surface area contributed by atoms with Crippen LogP contribution >= 0.6 is 0 Å². The van der Waals surface area contributed by atoms with E-state index in [1.165, 1.54) is 5.57 Å². The highest BCUT2D eigenvalue weighted by molar-refractivity contribution is 5.65. The molecule has 0 aliphatic rings. The summed E-state index contributed by atoms with van der Waals surface area (Å²) in [6, 6.07) is 5.83. The molecule has 2 heteroatoms. The van der Waals surface area contributed by atoms with Crippen LogP contribution in [0.15, 0.2) is 59.3 Å². The van der Waals surface area contributed by atoms with Crippen LogP contribution in [-0.4, -0.2) is 11.7 Å². The lowest BCUT2D eigenvalue weighted by Gasteiger charge is -2.18. The van der Waals surface area contributed by atoms with Gasteiger partial charge < -0.3 is 0 Å². The first-order valence-electron chi connectivity index (χ1n) is 6.99. The second kappa shape index (κ2) is 8.26. The second-order valence-electron chi connectivity index (χ2n) is 5.01. The third kappa shape index (κ3) is 4.61. The lowest BCUT2D eigenvalue weighted by Crippen LogP contribution is -2.07. The molecule has 0 aromatic carbocycles. The molecular weight excluding hydrogens is 244 g/mol. The zero-order valence-corrected chi connectivity index (χ0v) is 12.9. The molecule has 0 radical (unpaired) electrons. The molecule has 0 bridgehead atoms. The number of aromatic nitrogens is 1. The van der Waals surface area contributed by atoms with E-state index < -0.39 is 0 Å². The lowest BCUT2D eigenvalue weighted by molar-refractivity contribution is 0.530. The molecule has 0 fully saturated rings. The Morgan fingerprint density at radius 2 is 2.10 bits per heavy atom. The normalized spacial score (nSPS) is 16.2. The van der Waals surface area contributed by atoms with E-state index in [2.05, 4.69) is 55.7 Å². The van der Waals surface area contributed by atoms with E-state index in [4.69, 9.17) is 0 Å². The van der Waals surface area contributed by atoms with Crippen LogP contribution in [0.2, 0.25) is 0 Å². The first kappa shape index (κ1) is 16.1. The van der Waals surface area contributed by atoms with Gasteiger partial charge in [0.2, 0.25) is 0 Å². The predicted molar refractivity (Wildman–Crippen MR) is 88.7 cm³/mol. The first-order chi connectivity index (χ1) is 9.60. The molecule has 0 spiro atoms. The van der Waals surface area contributed by atoms with Gasteiger partial charge in [-0.3, -0.25) is 9.98 Å². The zero-order valence-electron chi connectivity index (χ0n) is 12.9. The maximum Gasteiger partial charge on any atom is 0.0882 e. The molecule has 20 heavy (non-hydrogen) atoms. The summed E-state index contributed by atoms with van der Waals surface area (Å²) in [5.74, 6) is 0.825. The van der Waals surface area contributed by atoms with Crippen LogP contribution in [-0.2, 0) is 0 Å². The van der Waals surface area contributed by atoms with Gasteiger partial charge in [-0.05, 0) is 44.5 Å². The Morgan fingerprint density at radius 3 is 2.65 bits per heavy atom. The molecule has 106 valence electrons. The summed E-state index contributed by atoms with van der Waals surface area (Å²) < 4.78 is 0. The summed E-state index contributed by atoms with van der Waals surface area (Å²) >= 11 is 0. The molecule has 1 rings (SSSR count). The van der Waals surface area contributed by atoms with Crippen molar-refractivity contribution in [2.75, 3.05) is 0 Å². The fourth-order valence-corrected chi connectivity index (χ4v) is 1.94. The van der Waals surface area contributed by atoms with Crippen molar-refractivity contribution in [2.45, 2.75) is 27.7 Å². The Hall–Kier alpha value is -1.96. The molecule has 0 saturated carbocycles. The maximum atomic E-state index is 4.33. The monoisotopic (exact) mass is 268 g/mol. The van der Waals surface area contributed by atoms with Gasteiger partial charge in [0.1, 0.15) is 0 Å². The minimum Gasteiger partial charge on any atom is -0.263 e. The van der Waals surface area contributed by atoms with E-state index in [1.807, 2.05) is 31.2 Å². The van der Waals surface area contributed by atoms with Gasteiger partial charge in [-0.25, -0.2) is 0 Å². The Labute approximate surface area is 122 Å². The van der Waals surface area contributed by atoms with E-state index in [9.17, 15) is 0 Å². The van der Waals surface area contributed by atoms with Gasteiger partial charge in [0.25, 0.3) is 0 Å². The van der Waals surface area contributed by atoms with Crippen molar-refractivity contribution >= 4 is 12.4 Å². The van der Waals surface area contributed by atoms with Crippen LogP contribution in [0.25, 0.3) is 5.70 Å². The summed E-state index contributed by atoms with van der Waals surface area (Å²) in [4.78, 5) is 8.45. The minimum atomic E-state index is 0.374. The highest BCUT2D eigenvalue weighted by atomic mass is 14.8. The molecular formula is C18H24N2. The summed E-state index contributed by atoms with van der Waals surface area (Å²) in [6.45, 7) is 12.3. The summed E-state index contributed by atoms with van der Waals surface area (Å²) in [6.07, 6.45) is 10.2. The number of hydrogen-bond donors (Lipinski definition) is 0. The van der Waals surface area contributed by atoms with Crippen molar-refractivity contribution < 1.29 is 0 Å². The number of pyridine rings is 1. The van der Waals surface area contributed by atoms with Gasteiger partial charge in [0.15, 0.2) is 0 Å². The molecule has 0 aliphatic heterocycles. The Kier molecular flexibility index (Phi) is 6.65. The van der Waals surface area contributed by atoms with E-state index in [-0.39, 0.29) is 0 Å². The smallest absolute Gasteiger partial charge is 0.0882 e. The Balaban J connectivity index is 2.93. The molecule has 2 atom stereocenters. The first-order valence-corrected chi connectivity index (χ1v) is 6.99. The van der Waals surface area contributed by atoms with Crippen molar-refractivity contribution in [1.82, 2.24) is 4.98 Å². The van der Waals surface area contributed by atoms with E-state index in [0.717, 1.165) is 11.4 Å². The summed E-state index contributed by atoms with van der Waals surface area (Å²) in [5.41, 5.74) is 3.08. The van der Waals surface area contributed by atoms with Crippen LogP contribution < -0.4 is 0 Å². The highest BCUT2D eigenvalue weighted by Crippen LogP contribution is 2.25. The number of allylic oxidation sites excluding steroid dienone is 5. The van der Waals surface area contributed by atoms with Gasteiger partial charge in [0.05, 0.1) is 11.4 Å². The number of nitrogens with zero attached hydrogens (tertiary/aromatic N) is 2. The Morgan fingerprint density at radius 1 is 1.35 bits per heavy atom. The van der Waals surface area contributed by atoms with Gasteiger partial charge >= 0.3 is 0 Å². The Bertz CT molecular complexity index is 509. The van der Waals surface area contributed by atoms with Crippen LogP contribution in [0.1, 0.15) is 33.4 Å². The third-order valence-electron chi connectivity index (χ3n) is 3.58.